The van der Waals surface area contributed by atoms with E-state index in [2.05, 4.69) is 26.6 Å². The van der Waals surface area contributed by atoms with Crippen LogP contribution >= 0.6 is 15.9 Å². The number of halogens is 1. The van der Waals surface area contributed by atoms with Crippen LogP contribution in [0.3, 0.4) is 0 Å². The Bertz CT molecular complexity index is 1300. The molecule has 10 heteroatoms. The van der Waals surface area contributed by atoms with Crippen molar-refractivity contribution in [2.75, 3.05) is 11.9 Å². The molecule has 0 bridgehead atoms. The number of carboxylic acid groups (broad SMARTS) is 1. The summed E-state index contributed by atoms with van der Waals surface area (Å²) >= 11 is 3.44. The van der Waals surface area contributed by atoms with Crippen molar-refractivity contribution < 1.29 is 14.7 Å². The lowest BCUT2D eigenvalue weighted by molar-refractivity contribution is 0.0719. The fraction of sp³-hybridized carbons (Fsp3) is 0.333. The first kappa shape index (κ1) is 25.2. The highest BCUT2D eigenvalue weighted by atomic mass is 79.9. The van der Waals surface area contributed by atoms with Gasteiger partial charge in [0.1, 0.15) is 5.82 Å². The predicted molar refractivity (Wildman–Crippen MR) is 136 cm³/mol. The van der Waals surface area contributed by atoms with Gasteiger partial charge in [0.2, 0.25) is 0 Å². The summed E-state index contributed by atoms with van der Waals surface area (Å²) in [5, 5.41) is 15.7. The minimum absolute atomic E-state index is 0.267. The zero-order valence-electron chi connectivity index (χ0n) is 19.7. The summed E-state index contributed by atoms with van der Waals surface area (Å²) < 4.78 is 1.99. The maximum Gasteiger partial charge on any atom is 0.408 e. The molecule has 1 unspecified atom stereocenters. The lowest BCUT2D eigenvalue weighted by atomic mass is 10.0. The molecule has 0 radical (unpaired) electrons. The third kappa shape index (κ3) is 5.06. The van der Waals surface area contributed by atoms with Crippen molar-refractivity contribution >= 4 is 44.6 Å². The Morgan fingerprint density at radius 2 is 1.88 bits per heavy atom. The smallest absolute Gasteiger partial charge is 0.408 e. The van der Waals surface area contributed by atoms with Crippen LogP contribution in [-0.4, -0.2) is 43.8 Å². The van der Waals surface area contributed by atoms with E-state index in [1.165, 1.54) is 9.47 Å². The van der Waals surface area contributed by atoms with Crippen molar-refractivity contribution in [3.63, 3.8) is 0 Å². The van der Waals surface area contributed by atoms with Gasteiger partial charge >= 0.3 is 12.1 Å². The van der Waals surface area contributed by atoms with Crippen molar-refractivity contribution in [2.24, 2.45) is 0 Å². The Kier molecular flexibility index (Phi) is 7.30. The number of hydrogen-bond donors (Lipinski definition) is 3. The molecule has 3 aromatic rings. The summed E-state index contributed by atoms with van der Waals surface area (Å²) in [7, 11) is 0. The van der Waals surface area contributed by atoms with Crippen LogP contribution in [0.4, 0.5) is 15.3 Å². The van der Waals surface area contributed by atoms with Crippen molar-refractivity contribution in [1.82, 2.24) is 19.8 Å². The third-order valence-corrected chi connectivity index (χ3v) is 5.92. The second-order valence-electron chi connectivity index (χ2n) is 8.78. The van der Waals surface area contributed by atoms with Gasteiger partial charge in [0.15, 0.2) is 0 Å². The summed E-state index contributed by atoms with van der Waals surface area (Å²) in [5.41, 5.74) is 0.279. The second kappa shape index (κ2) is 9.84. The molecule has 180 valence electrons. The minimum Gasteiger partial charge on any atom is -0.465 e. The van der Waals surface area contributed by atoms with E-state index >= 15 is 0 Å². The molecule has 0 aliphatic rings. The number of nitrogens with one attached hydrogen (secondary N) is 2. The summed E-state index contributed by atoms with van der Waals surface area (Å²) in [6.07, 6.45) is -1.12. The fourth-order valence-electron chi connectivity index (χ4n) is 3.94. The number of carbonyl (C=O) groups excluding carboxylic acids is 1. The van der Waals surface area contributed by atoms with Gasteiger partial charge in [0.05, 0.1) is 22.6 Å². The second-order valence-corrected chi connectivity index (χ2v) is 9.63. The number of nitrogens with zero attached hydrogens (tertiary/aromatic N) is 3. The van der Waals surface area contributed by atoms with Gasteiger partial charge in [-0.3, -0.25) is 14.3 Å². The largest absolute Gasteiger partial charge is 0.465 e. The summed E-state index contributed by atoms with van der Waals surface area (Å²) in [4.78, 5) is 44.0. The quantitative estimate of drug-likeness (QED) is 0.423. The molecule has 1 atom stereocenters. The molecule has 3 rings (SSSR count). The number of fused-ring (bicyclic) bond motifs is 1. The Labute approximate surface area is 205 Å². The summed E-state index contributed by atoms with van der Waals surface area (Å²) in [6.45, 7) is 9.34. The first-order chi connectivity index (χ1) is 16.0. The molecule has 1 heterocycles. The van der Waals surface area contributed by atoms with Crippen LogP contribution in [0.15, 0.2) is 51.7 Å². The molecule has 1 aromatic heterocycles. The highest BCUT2D eigenvalue weighted by Crippen LogP contribution is 2.30. The van der Waals surface area contributed by atoms with Crippen molar-refractivity contribution in [2.45, 2.75) is 46.2 Å². The molecule has 9 nitrogen and oxygen atoms in total. The molecule has 0 aliphatic carbocycles. The first-order valence-corrected chi connectivity index (χ1v) is 11.6. The molecule has 0 saturated carbocycles. The zero-order valence-corrected chi connectivity index (χ0v) is 21.3. The molecule has 0 fully saturated rings. The molecular formula is C24H28BrN5O4. The Balaban J connectivity index is 2.30. The van der Waals surface area contributed by atoms with Crippen LogP contribution in [-0.2, 0) is 0 Å². The lowest BCUT2D eigenvalue weighted by Gasteiger charge is -2.38. The van der Waals surface area contributed by atoms with Gasteiger partial charge in [-0.15, -0.1) is 0 Å². The van der Waals surface area contributed by atoms with Gasteiger partial charge in [0.25, 0.3) is 5.56 Å². The topological polar surface area (TPSA) is 117 Å². The van der Waals surface area contributed by atoms with Crippen LogP contribution in [0.2, 0.25) is 0 Å². The number of urea groups is 1. The van der Waals surface area contributed by atoms with Gasteiger partial charge in [-0.05, 0) is 80.9 Å². The van der Waals surface area contributed by atoms with E-state index in [0.717, 1.165) is 0 Å². The maximum absolute atomic E-state index is 13.8. The Morgan fingerprint density at radius 1 is 1.21 bits per heavy atom. The molecule has 0 saturated heterocycles. The molecule has 0 spiro atoms. The van der Waals surface area contributed by atoms with Gasteiger partial charge in [-0.2, -0.15) is 0 Å². The monoisotopic (exact) mass is 529 g/mol. The molecular weight excluding hydrogens is 502 g/mol. The lowest BCUT2D eigenvalue weighted by Crippen LogP contribution is -2.47. The van der Waals surface area contributed by atoms with Crippen LogP contribution in [0, 0.1) is 0 Å². The van der Waals surface area contributed by atoms with Crippen molar-refractivity contribution in [3.05, 3.63) is 63.1 Å². The Hall–Kier alpha value is -3.40. The molecule has 3 N–H and O–H groups in total. The average Bonchev–Trinajstić information content (AvgIpc) is 2.72. The summed E-state index contributed by atoms with van der Waals surface area (Å²) in [6, 6.07) is 10.9. The fourth-order valence-corrected chi connectivity index (χ4v) is 4.47. The average molecular weight is 530 g/mol. The van der Waals surface area contributed by atoms with Crippen molar-refractivity contribution in [1.29, 1.82) is 0 Å². The van der Waals surface area contributed by atoms with Crippen LogP contribution in [0.5, 0.6) is 0 Å². The number of anilines is 1. The van der Waals surface area contributed by atoms with Gasteiger partial charge in [-0.25, -0.2) is 14.6 Å². The molecule has 34 heavy (non-hydrogen) atoms. The number of benzene rings is 2. The normalized spacial score (nSPS) is 12.3. The molecule has 2 aromatic carbocycles. The number of carbonyl (C=O) groups is 2. The predicted octanol–water partition coefficient (Wildman–Crippen LogP) is 5.13. The first-order valence-electron chi connectivity index (χ1n) is 10.8. The highest BCUT2D eigenvalue weighted by Gasteiger charge is 2.34. The van der Waals surface area contributed by atoms with Gasteiger partial charge < -0.3 is 15.7 Å². The van der Waals surface area contributed by atoms with E-state index in [1.54, 1.807) is 70.2 Å². The standard InChI is InChI=1S/C24H28BrN5O4/c1-6-26-22(32)27-15-9-7-10-16(13-15)29-20(14(2)30(23(33)34)24(3,4)5)28-18-12-8-11-17(25)19(18)21(29)31/h7-14H,6H2,1-5H3,(H,33,34)(H2,26,27,32). The summed E-state index contributed by atoms with van der Waals surface area (Å²) in [5.74, 6) is 0.267. The van der Waals surface area contributed by atoms with Crippen molar-refractivity contribution in [3.8, 4) is 5.69 Å². The highest BCUT2D eigenvalue weighted by molar-refractivity contribution is 9.10. The zero-order chi connectivity index (χ0) is 25.2. The van der Waals surface area contributed by atoms with Crippen LogP contribution in [0.1, 0.15) is 46.5 Å². The van der Waals surface area contributed by atoms with E-state index in [1.807, 2.05) is 6.92 Å². The number of amides is 3. The SMILES string of the molecule is CCNC(=O)Nc1cccc(-n2c(C(C)N(C(=O)O)C(C)(C)C)nc3cccc(Br)c3c2=O)c1. The Morgan fingerprint density at radius 3 is 2.50 bits per heavy atom. The van der Waals surface area contributed by atoms with E-state index < -0.39 is 17.7 Å². The van der Waals surface area contributed by atoms with Gasteiger partial charge in [0, 0.05) is 22.2 Å². The number of hydrogen-bond acceptors (Lipinski definition) is 4. The van der Waals surface area contributed by atoms with E-state index in [-0.39, 0.29) is 17.4 Å². The van der Waals surface area contributed by atoms with Crippen LogP contribution < -0.4 is 16.2 Å². The van der Waals surface area contributed by atoms with E-state index in [4.69, 9.17) is 4.98 Å². The van der Waals surface area contributed by atoms with Crippen LogP contribution in [0.25, 0.3) is 16.6 Å². The van der Waals surface area contributed by atoms with E-state index in [0.29, 0.717) is 33.3 Å². The third-order valence-electron chi connectivity index (χ3n) is 5.26. The number of aromatic nitrogens is 2. The van der Waals surface area contributed by atoms with Gasteiger partial charge in [-0.1, -0.05) is 12.1 Å². The molecule has 3 amide bonds. The van der Waals surface area contributed by atoms with E-state index in [9.17, 15) is 19.5 Å². The maximum atomic E-state index is 13.8. The number of rotatable bonds is 5. The molecule has 0 aliphatic heterocycles. The minimum atomic E-state index is -1.12.